The normalized spacial score (nSPS) is 12.3. The average Bonchev–Trinajstić information content (AvgIpc) is 2.86. The molecular formula is C18H24N2O2S. The van der Waals surface area contributed by atoms with Gasteiger partial charge in [0.2, 0.25) is 0 Å². The lowest BCUT2D eigenvalue weighted by Gasteiger charge is -2.25. The number of carbonyl (C=O) groups excluding carboxylic acids is 1. The number of benzene rings is 1. The average molecular weight is 332 g/mol. The van der Waals surface area contributed by atoms with Crippen LogP contribution in [0.1, 0.15) is 31.7 Å². The van der Waals surface area contributed by atoms with Crippen molar-refractivity contribution in [3.8, 4) is 5.75 Å². The number of likely N-dealkylation sites (N-methyl/N-ethyl adjacent to an activating group) is 1. The Balaban J connectivity index is 2.07. The van der Waals surface area contributed by atoms with Crippen LogP contribution in [0.25, 0.3) is 0 Å². The lowest BCUT2D eigenvalue weighted by Crippen LogP contribution is -2.34. The van der Waals surface area contributed by atoms with Crippen molar-refractivity contribution in [1.29, 1.82) is 0 Å². The molecule has 23 heavy (non-hydrogen) atoms. The van der Waals surface area contributed by atoms with Crippen molar-refractivity contribution in [3.05, 3.63) is 51.2 Å². The molecule has 0 aliphatic heterocycles. The number of hydrogen-bond acceptors (Lipinski definition) is 4. The van der Waals surface area contributed by atoms with Crippen molar-refractivity contribution < 1.29 is 9.53 Å². The Kier molecular flexibility index (Phi) is 5.80. The predicted octanol–water partition coefficient (Wildman–Crippen LogP) is 3.41. The maximum atomic E-state index is 12.4. The Morgan fingerprint density at radius 2 is 1.91 bits per heavy atom. The maximum absolute atomic E-state index is 12.4. The third-order valence-electron chi connectivity index (χ3n) is 3.87. The quantitative estimate of drug-likeness (QED) is 0.881. The third-order valence-corrected chi connectivity index (χ3v) is 4.83. The molecule has 0 spiro atoms. The molecule has 0 bridgehead atoms. The number of aryl methyl sites for hydroxylation is 2. The van der Waals surface area contributed by atoms with Crippen LogP contribution in [0.2, 0.25) is 0 Å². The van der Waals surface area contributed by atoms with Crippen molar-refractivity contribution in [1.82, 2.24) is 10.2 Å². The van der Waals surface area contributed by atoms with E-state index >= 15 is 0 Å². The minimum absolute atomic E-state index is 0.00721. The predicted molar refractivity (Wildman–Crippen MR) is 95.5 cm³/mol. The van der Waals surface area contributed by atoms with E-state index in [4.69, 9.17) is 4.74 Å². The zero-order valence-corrected chi connectivity index (χ0v) is 15.2. The van der Waals surface area contributed by atoms with E-state index in [0.29, 0.717) is 6.54 Å². The van der Waals surface area contributed by atoms with E-state index in [2.05, 4.69) is 10.2 Å². The second kappa shape index (κ2) is 7.62. The molecule has 1 amide bonds. The Morgan fingerprint density at radius 1 is 1.26 bits per heavy atom. The van der Waals surface area contributed by atoms with E-state index in [9.17, 15) is 4.79 Å². The molecule has 5 heteroatoms. The molecule has 1 heterocycles. The summed E-state index contributed by atoms with van der Waals surface area (Å²) in [6, 6.07) is 10.0. The third kappa shape index (κ3) is 4.33. The zero-order valence-electron chi connectivity index (χ0n) is 14.3. The van der Waals surface area contributed by atoms with Crippen LogP contribution in [0.3, 0.4) is 0 Å². The molecule has 0 saturated heterocycles. The second-order valence-electron chi connectivity index (χ2n) is 5.79. The van der Waals surface area contributed by atoms with Crippen LogP contribution in [0.4, 0.5) is 0 Å². The molecule has 2 aromatic rings. The molecule has 0 radical (unpaired) electrons. The van der Waals surface area contributed by atoms with Gasteiger partial charge in [-0.25, -0.2) is 0 Å². The van der Waals surface area contributed by atoms with Gasteiger partial charge in [0.15, 0.2) is 0 Å². The van der Waals surface area contributed by atoms with Crippen molar-refractivity contribution in [2.24, 2.45) is 0 Å². The van der Waals surface area contributed by atoms with Gasteiger partial charge in [0.05, 0.1) is 18.7 Å². The molecule has 0 aliphatic carbocycles. The highest BCUT2D eigenvalue weighted by molar-refractivity contribution is 7.12. The lowest BCUT2D eigenvalue weighted by molar-refractivity contribution is 0.0942. The van der Waals surface area contributed by atoms with Gasteiger partial charge in [-0.15, -0.1) is 11.3 Å². The first-order valence-electron chi connectivity index (χ1n) is 7.58. The Hall–Kier alpha value is -1.85. The monoisotopic (exact) mass is 332 g/mol. The Labute approximate surface area is 142 Å². The van der Waals surface area contributed by atoms with Gasteiger partial charge in [-0.2, -0.15) is 0 Å². The van der Waals surface area contributed by atoms with E-state index in [-0.39, 0.29) is 11.9 Å². The van der Waals surface area contributed by atoms with Crippen LogP contribution in [0.15, 0.2) is 30.3 Å². The number of rotatable bonds is 6. The van der Waals surface area contributed by atoms with Crippen LogP contribution in [-0.2, 0) is 0 Å². The molecule has 1 N–H and O–H groups in total. The lowest BCUT2D eigenvalue weighted by atomic mass is 10.1. The van der Waals surface area contributed by atoms with Gasteiger partial charge in [0.25, 0.3) is 5.91 Å². The number of methoxy groups -OCH3 is 1. The number of nitrogens with one attached hydrogen (secondary N) is 1. The summed E-state index contributed by atoms with van der Waals surface area (Å²) >= 11 is 1.65. The molecule has 0 saturated carbocycles. The summed E-state index contributed by atoms with van der Waals surface area (Å²) in [6.45, 7) is 4.57. The molecule has 0 fully saturated rings. The number of nitrogens with zero attached hydrogens (tertiary/aromatic N) is 1. The van der Waals surface area contributed by atoms with Crippen LogP contribution >= 0.6 is 11.3 Å². The SMILES string of the molecule is COc1ccc(C(CNC(=O)c2cc(C)sc2C)N(C)C)cc1. The van der Waals surface area contributed by atoms with Crippen LogP contribution in [-0.4, -0.2) is 38.6 Å². The fourth-order valence-corrected chi connectivity index (χ4v) is 3.49. The highest BCUT2D eigenvalue weighted by Gasteiger charge is 2.17. The van der Waals surface area contributed by atoms with Crippen molar-refractivity contribution >= 4 is 17.2 Å². The van der Waals surface area contributed by atoms with Gasteiger partial charge >= 0.3 is 0 Å². The van der Waals surface area contributed by atoms with Crippen LogP contribution < -0.4 is 10.1 Å². The summed E-state index contributed by atoms with van der Waals surface area (Å²) in [5.41, 5.74) is 1.93. The van der Waals surface area contributed by atoms with Gasteiger partial charge in [0, 0.05) is 16.3 Å². The number of hydrogen-bond donors (Lipinski definition) is 1. The van der Waals surface area contributed by atoms with Gasteiger partial charge in [-0.05, 0) is 51.7 Å². The highest BCUT2D eigenvalue weighted by atomic mass is 32.1. The smallest absolute Gasteiger partial charge is 0.252 e. The van der Waals surface area contributed by atoms with E-state index in [1.807, 2.05) is 58.3 Å². The fourth-order valence-electron chi connectivity index (χ4n) is 2.57. The molecular weight excluding hydrogens is 308 g/mol. The minimum atomic E-state index is -0.00721. The first kappa shape index (κ1) is 17.5. The van der Waals surface area contributed by atoms with Crippen molar-refractivity contribution in [2.75, 3.05) is 27.7 Å². The van der Waals surface area contributed by atoms with Gasteiger partial charge in [-0.1, -0.05) is 12.1 Å². The minimum Gasteiger partial charge on any atom is -0.497 e. The first-order chi connectivity index (χ1) is 10.9. The zero-order chi connectivity index (χ0) is 17.0. The standard InChI is InChI=1S/C18H24N2O2S/c1-12-10-16(13(2)23-12)18(21)19-11-17(20(3)4)14-6-8-15(22-5)9-7-14/h6-10,17H,11H2,1-5H3,(H,19,21). The molecule has 1 atom stereocenters. The van der Waals surface area contributed by atoms with Crippen LogP contribution in [0, 0.1) is 13.8 Å². The molecule has 0 aliphatic rings. The summed E-state index contributed by atoms with van der Waals surface area (Å²) in [5, 5.41) is 3.06. The number of amides is 1. The second-order valence-corrected chi connectivity index (χ2v) is 7.25. The fraction of sp³-hybridized carbons (Fsp3) is 0.389. The topological polar surface area (TPSA) is 41.6 Å². The van der Waals surface area contributed by atoms with Gasteiger partial charge in [0.1, 0.15) is 5.75 Å². The molecule has 4 nitrogen and oxygen atoms in total. The Bertz CT molecular complexity index is 662. The molecule has 124 valence electrons. The van der Waals surface area contributed by atoms with E-state index in [1.165, 1.54) is 0 Å². The summed E-state index contributed by atoms with van der Waals surface area (Å²) < 4.78 is 5.20. The summed E-state index contributed by atoms with van der Waals surface area (Å²) in [5.74, 6) is 0.826. The first-order valence-corrected chi connectivity index (χ1v) is 8.39. The van der Waals surface area contributed by atoms with Crippen molar-refractivity contribution in [2.45, 2.75) is 19.9 Å². The van der Waals surface area contributed by atoms with E-state index in [0.717, 1.165) is 26.6 Å². The Morgan fingerprint density at radius 3 is 2.39 bits per heavy atom. The molecule has 1 aromatic carbocycles. The molecule has 2 rings (SSSR count). The van der Waals surface area contributed by atoms with E-state index < -0.39 is 0 Å². The highest BCUT2D eigenvalue weighted by Crippen LogP contribution is 2.22. The van der Waals surface area contributed by atoms with Crippen molar-refractivity contribution in [3.63, 3.8) is 0 Å². The van der Waals surface area contributed by atoms with Gasteiger partial charge in [-0.3, -0.25) is 4.79 Å². The number of ether oxygens (including phenoxy) is 1. The summed E-state index contributed by atoms with van der Waals surface area (Å²) in [6.07, 6.45) is 0. The van der Waals surface area contributed by atoms with Crippen LogP contribution in [0.5, 0.6) is 5.75 Å². The van der Waals surface area contributed by atoms with E-state index in [1.54, 1.807) is 18.4 Å². The summed E-state index contributed by atoms with van der Waals surface area (Å²) in [4.78, 5) is 16.7. The molecule has 1 aromatic heterocycles. The number of carbonyl (C=O) groups is 1. The maximum Gasteiger partial charge on any atom is 0.252 e. The number of thiophene rings is 1. The molecule has 1 unspecified atom stereocenters. The largest absolute Gasteiger partial charge is 0.497 e. The summed E-state index contributed by atoms with van der Waals surface area (Å²) in [7, 11) is 5.69. The van der Waals surface area contributed by atoms with Gasteiger partial charge < -0.3 is 15.0 Å².